The van der Waals surface area contributed by atoms with Crippen molar-refractivity contribution < 1.29 is 9.53 Å². The number of halogens is 1. The number of carbonyl (C=O) groups excluding carboxylic acids is 1. The zero-order chi connectivity index (χ0) is 13.6. The summed E-state index contributed by atoms with van der Waals surface area (Å²) in [7, 11) is 0. The van der Waals surface area contributed by atoms with Crippen LogP contribution in [0.4, 0.5) is 0 Å². The number of nitrogens with one attached hydrogen (secondary N) is 1. The van der Waals surface area contributed by atoms with Crippen LogP contribution in [0.15, 0.2) is 24.3 Å². The Balaban J connectivity index is 0.00000324. The van der Waals surface area contributed by atoms with E-state index >= 15 is 0 Å². The average molecular weight is 287 g/mol. The van der Waals surface area contributed by atoms with Gasteiger partial charge >= 0.3 is 0 Å². The molecule has 0 aliphatic rings. The molecule has 0 aromatic heterocycles. The van der Waals surface area contributed by atoms with Gasteiger partial charge in [0, 0.05) is 12.1 Å². The highest BCUT2D eigenvalue weighted by atomic mass is 35.5. The number of hydrogen-bond acceptors (Lipinski definition) is 3. The van der Waals surface area contributed by atoms with E-state index in [9.17, 15) is 4.79 Å². The van der Waals surface area contributed by atoms with Gasteiger partial charge in [-0.25, -0.2) is 0 Å². The molecule has 0 atom stereocenters. The minimum Gasteiger partial charge on any atom is -0.493 e. The SMILES string of the molecule is Cc1cccc(OCCC(=O)NC(C)(C)CN)c1.Cl. The van der Waals surface area contributed by atoms with Crippen molar-refractivity contribution in [2.75, 3.05) is 13.2 Å². The van der Waals surface area contributed by atoms with E-state index < -0.39 is 0 Å². The lowest BCUT2D eigenvalue weighted by Gasteiger charge is -2.24. The Morgan fingerprint density at radius 2 is 2.11 bits per heavy atom. The number of nitrogens with two attached hydrogens (primary N) is 1. The Morgan fingerprint density at radius 3 is 2.68 bits per heavy atom. The van der Waals surface area contributed by atoms with Crippen molar-refractivity contribution in [3.8, 4) is 5.75 Å². The van der Waals surface area contributed by atoms with Crippen LogP contribution in [0.3, 0.4) is 0 Å². The molecule has 0 spiro atoms. The van der Waals surface area contributed by atoms with E-state index in [0.717, 1.165) is 11.3 Å². The van der Waals surface area contributed by atoms with E-state index in [-0.39, 0.29) is 23.9 Å². The van der Waals surface area contributed by atoms with Gasteiger partial charge in [-0.05, 0) is 38.5 Å². The first-order valence-electron chi connectivity index (χ1n) is 6.13. The van der Waals surface area contributed by atoms with Crippen LogP contribution < -0.4 is 15.8 Å². The summed E-state index contributed by atoms with van der Waals surface area (Å²) >= 11 is 0. The van der Waals surface area contributed by atoms with Gasteiger partial charge in [0.05, 0.1) is 13.0 Å². The molecule has 1 aromatic rings. The summed E-state index contributed by atoms with van der Waals surface area (Å²) in [6, 6.07) is 7.77. The van der Waals surface area contributed by atoms with Gasteiger partial charge in [-0.2, -0.15) is 0 Å². The highest BCUT2D eigenvalue weighted by Gasteiger charge is 2.17. The first kappa shape index (κ1) is 17.7. The van der Waals surface area contributed by atoms with Crippen molar-refractivity contribution in [2.24, 2.45) is 5.73 Å². The summed E-state index contributed by atoms with van der Waals surface area (Å²) in [5.74, 6) is 0.749. The second kappa shape index (κ2) is 8.02. The molecule has 0 aliphatic carbocycles. The normalized spacial score (nSPS) is 10.5. The van der Waals surface area contributed by atoms with Gasteiger partial charge < -0.3 is 15.8 Å². The number of carbonyl (C=O) groups is 1. The Labute approximate surface area is 121 Å². The predicted octanol–water partition coefficient (Wildman–Crippen LogP) is 2.04. The van der Waals surface area contributed by atoms with Crippen LogP contribution >= 0.6 is 12.4 Å². The first-order chi connectivity index (χ1) is 8.43. The van der Waals surface area contributed by atoms with Gasteiger partial charge in [-0.3, -0.25) is 4.79 Å². The van der Waals surface area contributed by atoms with Gasteiger partial charge in [0.2, 0.25) is 5.91 Å². The Hall–Kier alpha value is -1.26. The molecular formula is C14H23ClN2O2. The van der Waals surface area contributed by atoms with E-state index in [2.05, 4.69) is 5.32 Å². The fourth-order valence-electron chi connectivity index (χ4n) is 1.46. The molecule has 3 N–H and O–H groups in total. The lowest BCUT2D eigenvalue weighted by molar-refractivity contribution is -0.123. The fraction of sp³-hybridized carbons (Fsp3) is 0.500. The van der Waals surface area contributed by atoms with Crippen molar-refractivity contribution in [3.05, 3.63) is 29.8 Å². The van der Waals surface area contributed by atoms with E-state index in [1.165, 1.54) is 0 Å². The van der Waals surface area contributed by atoms with Crippen LogP contribution in [0.2, 0.25) is 0 Å². The second-order valence-electron chi connectivity index (χ2n) is 5.05. The van der Waals surface area contributed by atoms with Crippen molar-refractivity contribution in [1.82, 2.24) is 5.32 Å². The molecule has 19 heavy (non-hydrogen) atoms. The first-order valence-corrected chi connectivity index (χ1v) is 6.13. The molecule has 0 heterocycles. The largest absolute Gasteiger partial charge is 0.493 e. The van der Waals surface area contributed by atoms with Gasteiger partial charge in [0.25, 0.3) is 0 Å². The Morgan fingerprint density at radius 1 is 1.42 bits per heavy atom. The third kappa shape index (κ3) is 7.03. The van der Waals surface area contributed by atoms with E-state index in [4.69, 9.17) is 10.5 Å². The van der Waals surface area contributed by atoms with Crippen molar-refractivity contribution in [3.63, 3.8) is 0 Å². The molecule has 0 radical (unpaired) electrons. The van der Waals surface area contributed by atoms with Crippen LogP contribution in [0.1, 0.15) is 25.8 Å². The summed E-state index contributed by atoms with van der Waals surface area (Å²) in [5, 5.41) is 2.86. The molecule has 4 nitrogen and oxygen atoms in total. The van der Waals surface area contributed by atoms with Gasteiger partial charge in [0.15, 0.2) is 0 Å². The summed E-state index contributed by atoms with van der Waals surface area (Å²) in [4.78, 5) is 11.6. The van der Waals surface area contributed by atoms with E-state index in [1.54, 1.807) is 0 Å². The maximum Gasteiger partial charge on any atom is 0.223 e. The van der Waals surface area contributed by atoms with Gasteiger partial charge in [-0.1, -0.05) is 12.1 Å². The van der Waals surface area contributed by atoms with Crippen molar-refractivity contribution in [1.29, 1.82) is 0 Å². The number of benzene rings is 1. The third-order valence-corrected chi connectivity index (χ3v) is 2.58. The van der Waals surface area contributed by atoms with Crippen molar-refractivity contribution >= 4 is 18.3 Å². The van der Waals surface area contributed by atoms with Crippen LogP contribution in [-0.4, -0.2) is 24.6 Å². The Kier molecular flexibility index (Phi) is 7.49. The molecule has 5 heteroatoms. The summed E-state index contributed by atoms with van der Waals surface area (Å²) in [6.07, 6.45) is 0.331. The monoisotopic (exact) mass is 286 g/mol. The van der Waals surface area contributed by atoms with Crippen LogP contribution in [0.25, 0.3) is 0 Å². The molecular weight excluding hydrogens is 264 g/mol. The van der Waals surface area contributed by atoms with Crippen molar-refractivity contribution in [2.45, 2.75) is 32.7 Å². The van der Waals surface area contributed by atoms with Crippen LogP contribution in [0, 0.1) is 6.92 Å². The molecule has 1 amide bonds. The zero-order valence-electron chi connectivity index (χ0n) is 11.7. The molecule has 0 saturated carbocycles. The third-order valence-electron chi connectivity index (χ3n) is 2.58. The topological polar surface area (TPSA) is 64.3 Å². The fourth-order valence-corrected chi connectivity index (χ4v) is 1.46. The molecule has 0 fully saturated rings. The lowest BCUT2D eigenvalue weighted by Crippen LogP contribution is -2.49. The average Bonchev–Trinajstić information content (AvgIpc) is 2.28. The molecule has 0 aliphatic heterocycles. The minimum atomic E-state index is -0.361. The number of amides is 1. The lowest BCUT2D eigenvalue weighted by atomic mass is 10.1. The number of aryl methyl sites for hydroxylation is 1. The highest BCUT2D eigenvalue weighted by molar-refractivity contribution is 5.85. The maximum absolute atomic E-state index is 11.6. The molecule has 0 saturated heterocycles. The number of ether oxygens (including phenoxy) is 1. The molecule has 1 aromatic carbocycles. The van der Waals surface area contributed by atoms with E-state index in [1.807, 2.05) is 45.0 Å². The molecule has 0 unspecified atom stereocenters. The highest BCUT2D eigenvalue weighted by Crippen LogP contribution is 2.12. The molecule has 1 rings (SSSR count). The predicted molar refractivity (Wildman–Crippen MR) is 79.8 cm³/mol. The summed E-state index contributed by atoms with van der Waals surface area (Å²) in [6.45, 7) is 6.58. The smallest absolute Gasteiger partial charge is 0.223 e. The van der Waals surface area contributed by atoms with Crippen LogP contribution in [0.5, 0.6) is 5.75 Å². The van der Waals surface area contributed by atoms with Gasteiger partial charge in [-0.15, -0.1) is 12.4 Å². The standard InChI is InChI=1S/C14H22N2O2.ClH/c1-11-5-4-6-12(9-11)18-8-7-13(17)16-14(2,3)10-15;/h4-6,9H,7-8,10,15H2,1-3H3,(H,16,17);1H. The second-order valence-corrected chi connectivity index (χ2v) is 5.05. The quantitative estimate of drug-likeness (QED) is 0.841. The molecule has 108 valence electrons. The van der Waals surface area contributed by atoms with Crippen LogP contribution in [-0.2, 0) is 4.79 Å². The summed E-state index contributed by atoms with van der Waals surface area (Å²) < 4.78 is 5.51. The maximum atomic E-state index is 11.6. The van der Waals surface area contributed by atoms with E-state index in [0.29, 0.717) is 19.6 Å². The summed E-state index contributed by atoms with van der Waals surface area (Å²) in [5.41, 5.74) is 6.32. The minimum absolute atomic E-state index is 0. The Bertz CT molecular complexity index is 408. The number of rotatable bonds is 6. The number of hydrogen-bond donors (Lipinski definition) is 2. The van der Waals surface area contributed by atoms with Gasteiger partial charge in [0.1, 0.15) is 5.75 Å². The zero-order valence-corrected chi connectivity index (χ0v) is 12.5. The molecule has 0 bridgehead atoms.